The normalized spacial score (nSPS) is 11.6. The fraction of sp³-hybridized carbons (Fsp3) is 0.800. The van der Waals surface area contributed by atoms with Crippen molar-refractivity contribution in [1.29, 1.82) is 0 Å². The lowest BCUT2D eigenvalue weighted by Crippen LogP contribution is -2.34. The van der Waals surface area contributed by atoms with Crippen molar-refractivity contribution < 1.29 is 4.43 Å². The molecule has 0 amide bonds. The van der Waals surface area contributed by atoms with E-state index < -0.39 is 8.32 Å². The van der Waals surface area contributed by atoms with Crippen LogP contribution in [0.5, 0.6) is 0 Å². The van der Waals surface area contributed by atoms with Gasteiger partial charge >= 0.3 is 0 Å². The quantitative estimate of drug-likeness (QED) is 0.335. The molecular formula is C10H22OSi. The molecule has 2 heteroatoms. The first-order chi connectivity index (χ1) is 5.74. The van der Waals surface area contributed by atoms with Crippen LogP contribution in [0.1, 0.15) is 26.7 Å². The monoisotopic (exact) mass is 186 g/mol. The van der Waals surface area contributed by atoms with Gasteiger partial charge in [-0.15, -0.1) is 6.58 Å². The highest BCUT2D eigenvalue weighted by atomic mass is 28.4. The molecule has 1 nitrogen and oxygen atoms in total. The fourth-order valence-electron chi connectivity index (χ4n) is 1.56. The maximum Gasteiger partial charge on any atom is 0.191 e. The van der Waals surface area contributed by atoms with Crippen LogP contribution in [-0.4, -0.2) is 15.4 Å². The topological polar surface area (TPSA) is 9.23 Å². The third-order valence-corrected chi connectivity index (χ3v) is 7.47. The van der Waals surface area contributed by atoms with E-state index in [1.54, 1.807) is 0 Å². The van der Waals surface area contributed by atoms with Gasteiger partial charge in [0.25, 0.3) is 0 Å². The summed E-state index contributed by atoms with van der Waals surface area (Å²) in [6.07, 6.45) is 4.39. The molecule has 0 fully saturated rings. The Kier molecular flexibility index (Phi) is 6.39. The van der Waals surface area contributed by atoms with Crippen molar-refractivity contribution in [3.8, 4) is 0 Å². The Balaban J connectivity index is 3.84. The van der Waals surface area contributed by atoms with Crippen molar-refractivity contribution in [2.45, 2.75) is 44.8 Å². The average molecular weight is 186 g/mol. The van der Waals surface area contributed by atoms with E-state index in [1.165, 1.54) is 24.6 Å². The SMILES string of the molecule is C=CCCC[Si](CC)(CC)OC. The van der Waals surface area contributed by atoms with Gasteiger partial charge in [0.05, 0.1) is 0 Å². The van der Waals surface area contributed by atoms with Gasteiger partial charge in [0.2, 0.25) is 0 Å². The highest BCUT2D eigenvalue weighted by Crippen LogP contribution is 2.23. The van der Waals surface area contributed by atoms with Crippen LogP contribution in [-0.2, 0) is 4.43 Å². The lowest BCUT2D eigenvalue weighted by Gasteiger charge is -2.26. The molecule has 0 saturated carbocycles. The van der Waals surface area contributed by atoms with E-state index in [-0.39, 0.29) is 0 Å². The second kappa shape index (κ2) is 6.43. The summed E-state index contributed by atoms with van der Waals surface area (Å²) in [6, 6.07) is 3.79. The summed E-state index contributed by atoms with van der Waals surface area (Å²) in [4.78, 5) is 0. The largest absolute Gasteiger partial charge is 0.420 e. The van der Waals surface area contributed by atoms with E-state index >= 15 is 0 Å². The molecule has 0 saturated heterocycles. The summed E-state index contributed by atoms with van der Waals surface area (Å²) >= 11 is 0. The first-order valence-electron chi connectivity index (χ1n) is 4.90. The molecule has 0 atom stereocenters. The van der Waals surface area contributed by atoms with Gasteiger partial charge in [-0.3, -0.25) is 0 Å². The zero-order chi connectivity index (χ0) is 9.45. The predicted octanol–water partition coefficient (Wildman–Crippen LogP) is 3.58. The maximum absolute atomic E-state index is 5.69. The third kappa shape index (κ3) is 3.54. The van der Waals surface area contributed by atoms with Crippen LogP contribution < -0.4 is 0 Å². The molecule has 0 aliphatic heterocycles. The van der Waals surface area contributed by atoms with Crippen molar-refractivity contribution in [3.05, 3.63) is 12.7 Å². The van der Waals surface area contributed by atoms with Crippen LogP contribution in [0, 0.1) is 0 Å². The Labute approximate surface area is 78.0 Å². The lowest BCUT2D eigenvalue weighted by atomic mass is 10.3. The van der Waals surface area contributed by atoms with Crippen molar-refractivity contribution >= 4 is 8.32 Å². The minimum atomic E-state index is -1.30. The van der Waals surface area contributed by atoms with Gasteiger partial charge in [0.15, 0.2) is 8.32 Å². The minimum absolute atomic E-state index is 1.14. The Hall–Kier alpha value is -0.0831. The molecule has 0 unspecified atom stereocenters. The molecule has 0 heterocycles. The summed E-state index contributed by atoms with van der Waals surface area (Å²) in [6.45, 7) is 8.25. The molecule has 0 N–H and O–H groups in total. The highest BCUT2D eigenvalue weighted by molar-refractivity contribution is 6.73. The zero-order valence-electron chi connectivity index (χ0n) is 8.73. The first-order valence-corrected chi connectivity index (χ1v) is 7.43. The number of rotatable bonds is 7. The van der Waals surface area contributed by atoms with Gasteiger partial charge < -0.3 is 4.43 Å². The summed E-state index contributed by atoms with van der Waals surface area (Å²) in [5, 5.41) is 0. The molecule has 72 valence electrons. The third-order valence-electron chi connectivity index (χ3n) is 2.76. The van der Waals surface area contributed by atoms with Crippen LogP contribution in [0.2, 0.25) is 18.1 Å². The smallest absolute Gasteiger partial charge is 0.191 e. The molecule has 0 aliphatic carbocycles. The molecule has 0 aliphatic rings. The van der Waals surface area contributed by atoms with Gasteiger partial charge in [0, 0.05) is 7.11 Å². The number of unbranched alkanes of at least 4 members (excludes halogenated alkanes) is 1. The summed E-state index contributed by atoms with van der Waals surface area (Å²) in [5.74, 6) is 0. The second-order valence-corrected chi connectivity index (χ2v) is 7.96. The molecule has 0 aromatic rings. The first kappa shape index (κ1) is 11.9. The summed E-state index contributed by atoms with van der Waals surface area (Å²) in [5.41, 5.74) is 0. The molecule has 0 aromatic carbocycles. The molecule has 0 bridgehead atoms. The number of hydrogen-bond acceptors (Lipinski definition) is 1. The number of allylic oxidation sites excluding steroid dienone is 1. The molecular weight excluding hydrogens is 164 g/mol. The standard InChI is InChI=1S/C10H22OSi/c1-5-8-9-10-12(6-2,7-3)11-4/h5H,1,6-10H2,2-4H3. The Bertz CT molecular complexity index is 111. The molecule has 0 aromatic heterocycles. The molecule has 0 rings (SSSR count). The minimum Gasteiger partial charge on any atom is -0.420 e. The van der Waals surface area contributed by atoms with E-state index in [1.807, 2.05) is 13.2 Å². The van der Waals surface area contributed by atoms with Gasteiger partial charge in [-0.05, 0) is 24.6 Å². The average Bonchev–Trinajstić information content (AvgIpc) is 2.14. The predicted molar refractivity (Wildman–Crippen MR) is 58.0 cm³/mol. The molecule has 0 spiro atoms. The fourth-order valence-corrected chi connectivity index (χ4v) is 4.40. The van der Waals surface area contributed by atoms with Gasteiger partial charge in [-0.25, -0.2) is 0 Å². The zero-order valence-corrected chi connectivity index (χ0v) is 9.73. The van der Waals surface area contributed by atoms with Crippen LogP contribution in [0.4, 0.5) is 0 Å². The maximum atomic E-state index is 5.69. The van der Waals surface area contributed by atoms with E-state index in [0.29, 0.717) is 0 Å². The van der Waals surface area contributed by atoms with E-state index in [2.05, 4.69) is 20.4 Å². The highest BCUT2D eigenvalue weighted by Gasteiger charge is 2.28. The Morgan fingerprint density at radius 1 is 1.33 bits per heavy atom. The summed E-state index contributed by atoms with van der Waals surface area (Å²) in [7, 11) is 0.580. The molecule has 12 heavy (non-hydrogen) atoms. The van der Waals surface area contributed by atoms with Crippen molar-refractivity contribution in [2.75, 3.05) is 7.11 Å². The van der Waals surface area contributed by atoms with Crippen LogP contribution in [0.3, 0.4) is 0 Å². The molecule has 0 radical (unpaired) electrons. The Morgan fingerprint density at radius 2 is 1.92 bits per heavy atom. The van der Waals surface area contributed by atoms with Crippen LogP contribution >= 0.6 is 0 Å². The van der Waals surface area contributed by atoms with Gasteiger partial charge in [-0.2, -0.15) is 0 Å². The summed E-state index contributed by atoms with van der Waals surface area (Å²) < 4.78 is 5.69. The van der Waals surface area contributed by atoms with Crippen molar-refractivity contribution in [3.63, 3.8) is 0 Å². The van der Waals surface area contributed by atoms with E-state index in [9.17, 15) is 0 Å². The second-order valence-electron chi connectivity index (χ2n) is 3.28. The van der Waals surface area contributed by atoms with Gasteiger partial charge in [0.1, 0.15) is 0 Å². The van der Waals surface area contributed by atoms with Crippen molar-refractivity contribution in [2.24, 2.45) is 0 Å². The number of hydrogen-bond donors (Lipinski definition) is 0. The van der Waals surface area contributed by atoms with E-state index in [0.717, 1.165) is 6.42 Å². The van der Waals surface area contributed by atoms with Gasteiger partial charge in [-0.1, -0.05) is 26.3 Å². The Morgan fingerprint density at radius 3 is 2.25 bits per heavy atom. The van der Waals surface area contributed by atoms with E-state index in [4.69, 9.17) is 4.43 Å². The lowest BCUT2D eigenvalue weighted by molar-refractivity contribution is 0.390. The van der Waals surface area contributed by atoms with Crippen LogP contribution in [0.15, 0.2) is 12.7 Å². The van der Waals surface area contributed by atoms with Crippen molar-refractivity contribution in [1.82, 2.24) is 0 Å². The van der Waals surface area contributed by atoms with Crippen LogP contribution in [0.25, 0.3) is 0 Å².